The molecular weight excluding hydrogens is 515 g/mol. The second-order valence-corrected chi connectivity index (χ2v) is 12.1. The average molecular weight is 542 g/mol. The van der Waals surface area contributed by atoms with Gasteiger partial charge in [-0.05, 0) is 82.4 Å². The first-order valence-electron chi connectivity index (χ1n) is 11.7. The van der Waals surface area contributed by atoms with E-state index in [0.717, 1.165) is 62.5 Å². The third-order valence-corrected chi connectivity index (χ3v) is 9.94. The largest absolute Gasteiger partial charge is 0.285 e. The Balaban J connectivity index is 1.66. The zero-order valence-corrected chi connectivity index (χ0v) is 21.8. The number of hydrogen-bond donors (Lipinski definition) is 0. The van der Waals surface area contributed by atoms with E-state index in [2.05, 4.69) is 0 Å². The first-order chi connectivity index (χ1) is 16.3. The second-order valence-electron chi connectivity index (χ2n) is 9.03. The van der Waals surface area contributed by atoms with E-state index < -0.39 is 9.85 Å². The number of nitrogens with zero attached hydrogens (tertiary/aromatic N) is 2. The van der Waals surface area contributed by atoms with Crippen molar-refractivity contribution in [2.75, 3.05) is 0 Å². The van der Waals surface area contributed by atoms with Crippen molar-refractivity contribution in [3.63, 3.8) is 0 Å². The maximum absolute atomic E-state index is 11.8. The van der Waals surface area contributed by atoms with Gasteiger partial charge in [-0.2, -0.15) is 0 Å². The van der Waals surface area contributed by atoms with Gasteiger partial charge in [0, 0.05) is 12.1 Å². The molecule has 2 saturated carbocycles. The van der Waals surface area contributed by atoms with Gasteiger partial charge >= 0.3 is 0 Å². The van der Waals surface area contributed by atoms with Crippen molar-refractivity contribution in [2.45, 2.75) is 85.8 Å². The van der Waals surface area contributed by atoms with Crippen molar-refractivity contribution in [2.24, 2.45) is 0 Å². The summed E-state index contributed by atoms with van der Waals surface area (Å²) >= 11 is 12.9. The highest BCUT2D eigenvalue weighted by Crippen LogP contribution is 2.50. The second kappa shape index (κ2) is 11.5. The van der Waals surface area contributed by atoms with E-state index in [1.807, 2.05) is 12.1 Å². The third-order valence-electron chi connectivity index (χ3n) is 6.86. The van der Waals surface area contributed by atoms with Crippen LogP contribution in [0.5, 0.6) is 0 Å². The number of rotatable bonds is 7. The quantitative estimate of drug-likeness (QED) is 0.197. The molecule has 0 bridgehead atoms. The predicted octanol–water partition coefficient (Wildman–Crippen LogP) is 9.70. The van der Waals surface area contributed by atoms with Gasteiger partial charge in [-0.1, -0.05) is 61.7 Å². The van der Waals surface area contributed by atoms with Crippen LogP contribution < -0.4 is 0 Å². The molecule has 2 aliphatic rings. The SMILES string of the molecule is O=[N+]([O-])c1cc(Cl)c(C2CCCCC2)cc1SSc1cc(C2CCCCC2)c(Cl)cc1[N+](=O)[O-]. The zero-order valence-electron chi connectivity index (χ0n) is 18.6. The lowest BCUT2D eigenvalue weighted by molar-refractivity contribution is -0.388. The van der Waals surface area contributed by atoms with Crippen LogP contribution in [0.4, 0.5) is 11.4 Å². The summed E-state index contributed by atoms with van der Waals surface area (Å²) in [5, 5.41) is 24.3. The Morgan fingerprint density at radius 1 is 0.647 bits per heavy atom. The summed E-state index contributed by atoms with van der Waals surface area (Å²) in [5.74, 6) is 0.573. The molecule has 0 aromatic heterocycles. The van der Waals surface area contributed by atoms with Gasteiger partial charge in [0.15, 0.2) is 0 Å². The molecule has 0 unspecified atom stereocenters. The zero-order chi connectivity index (χ0) is 24.2. The first-order valence-corrected chi connectivity index (χ1v) is 14.6. The summed E-state index contributed by atoms with van der Waals surface area (Å²) < 4.78 is 0. The fourth-order valence-corrected chi connectivity index (χ4v) is 8.01. The van der Waals surface area contributed by atoms with Crippen LogP contribution in [-0.2, 0) is 0 Å². The normalized spacial score (nSPS) is 17.6. The molecule has 0 N–H and O–H groups in total. The fourth-order valence-electron chi connectivity index (χ4n) is 5.08. The molecule has 2 fully saturated rings. The highest BCUT2D eigenvalue weighted by Gasteiger charge is 2.27. The number of hydrogen-bond acceptors (Lipinski definition) is 6. The Morgan fingerprint density at radius 2 is 1.00 bits per heavy atom. The van der Waals surface area contributed by atoms with E-state index in [0.29, 0.717) is 19.8 Å². The summed E-state index contributed by atoms with van der Waals surface area (Å²) in [5.41, 5.74) is 1.71. The van der Waals surface area contributed by atoms with Crippen molar-refractivity contribution >= 4 is 56.2 Å². The van der Waals surface area contributed by atoms with Crippen LogP contribution in [0.1, 0.15) is 87.2 Å². The van der Waals surface area contributed by atoms with Gasteiger partial charge < -0.3 is 0 Å². The molecule has 6 nitrogen and oxygen atoms in total. The molecule has 0 spiro atoms. The molecular formula is C24H26Cl2N2O4S2. The monoisotopic (exact) mass is 540 g/mol. The molecule has 182 valence electrons. The summed E-state index contributed by atoms with van der Waals surface area (Å²) in [6.45, 7) is 0. The molecule has 2 aliphatic carbocycles. The van der Waals surface area contributed by atoms with E-state index in [-0.39, 0.29) is 23.2 Å². The fraction of sp³-hybridized carbons (Fsp3) is 0.500. The Hall–Kier alpha value is -1.48. The summed E-state index contributed by atoms with van der Waals surface area (Å²) in [4.78, 5) is 23.5. The molecule has 0 aliphatic heterocycles. The molecule has 0 heterocycles. The average Bonchev–Trinajstić information content (AvgIpc) is 2.84. The van der Waals surface area contributed by atoms with Crippen molar-refractivity contribution < 1.29 is 9.85 Å². The molecule has 4 rings (SSSR count). The molecule has 0 saturated heterocycles. The maximum Gasteiger partial charge on any atom is 0.285 e. The van der Waals surface area contributed by atoms with Crippen LogP contribution in [0.25, 0.3) is 0 Å². The van der Waals surface area contributed by atoms with Crippen LogP contribution in [0.15, 0.2) is 34.1 Å². The van der Waals surface area contributed by atoms with Gasteiger partial charge in [0.05, 0.1) is 29.7 Å². The molecule has 10 heteroatoms. The van der Waals surface area contributed by atoms with Gasteiger partial charge in [-0.3, -0.25) is 20.2 Å². The highest BCUT2D eigenvalue weighted by molar-refractivity contribution is 8.76. The third kappa shape index (κ3) is 5.83. The van der Waals surface area contributed by atoms with Gasteiger partial charge in [0.25, 0.3) is 11.4 Å². The van der Waals surface area contributed by atoms with Crippen LogP contribution in [-0.4, -0.2) is 9.85 Å². The Kier molecular flexibility index (Phi) is 8.66. The maximum atomic E-state index is 11.8. The molecule has 0 amide bonds. The van der Waals surface area contributed by atoms with Crippen molar-refractivity contribution in [3.05, 3.63) is 65.7 Å². The number of nitro benzene ring substituents is 2. The lowest BCUT2D eigenvalue weighted by Crippen LogP contribution is -2.06. The predicted molar refractivity (Wildman–Crippen MR) is 140 cm³/mol. The van der Waals surface area contributed by atoms with Crippen LogP contribution >= 0.6 is 44.8 Å². The van der Waals surface area contributed by atoms with Crippen molar-refractivity contribution in [1.82, 2.24) is 0 Å². The topological polar surface area (TPSA) is 86.3 Å². The van der Waals surface area contributed by atoms with E-state index in [4.69, 9.17) is 23.2 Å². The van der Waals surface area contributed by atoms with E-state index >= 15 is 0 Å². The van der Waals surface area contributed by atoms with Crippen molar-refractivity contribution in [3.8, 4) is 0 Å². The highest BCUT2D eigenvalue weighted by atomic mass is 35.5. The molecule has 2 aromatic rings. The molecule has 0 radical (unpaired) electrons. The van der Waals surface area contributed by atoms with Gasteiger partial charge in [0.1, 0.15) is 0 Å². The van der Waals surface area contributed by atoms with Gasteiger partial charge in [-0.25, -0.2) is 0 Å². The lowest BCUT2D eigenvalue weighted by atomic mass is 9.84. The standard InChI is InChI=1S/C24H26Cl2N2O4S2/c25-19-13-21(27(29)30)23(11-17(19)15-7-3-1-4-8-15)33-34-24-12-18(16-9-5-2-6-10-16)20(26)14-22(24)28(31)32/h11-16H,1-10H2. The number of halogens is 2. The van der Waals surface area contributed by atoms with Crippen LogP contribution in [0.2, 0.25) is 10.0 Å². The number of benzene rings is 2. The molecule has 34 heavy (non-hydrogen) atoms. The van der Waals surface area contributed by atoms with Crippen LogP contribution in [0.3, 0.4) is 0 Å². The van der Waals surface area contributed by atoms with Gasteiger partial charge in [-0.15, -0.1) is 0 Å². The Labute approximate surface area is 216 Å². The Bertz CT molecular complexity index is 1000. The number of nitro groups is 2. The van der Waals surface area contributed by atoms with Gasteiger partial charge in [0.2, 0.25) is 0 Å². The summed E-state index contributed by atoms with van der Waals surface area (Å²) in [6.07, 6.45) is 10.9. The van der Waals surface area contributed by atoms with E-state index in [1.165, 1.54) is 46.6 Å². The first kappa shape index (κ1) is 25.6. The van der Waals surface area contributed by atoms with Crippen molar-refractivity contribution in [1.29, 1.82) is 0 Å². The van der Waals surface area contributed by atoms with Crippen LogP contribution in [0, 0.1) is 20.2 Å². The van der Waals surface area contributed by atoms with E-state index in [1.54, 1.807) is 0 Å². The summed E-state index contributed by atoms with van der Waals surface area (Å²) in [6, 6.07) is 6.49. The minimum absolute atomic E-state index is 0.0776. The summed E-state index contributed by atoms with van der Waals surface area (Å²) in [7, 11) is 2.35. The Morgan fingerprint density at radius 3 is 1.32 bits per heavy atom. The molecule has 0 atom stereocenters. The minimum Gasteiger partial charge on any atom is -0.258 e. The smallest absolute Gasteiger partial charge is 0.258 e. The molecule has 2 aromatic carbocycles. The lowest BCUT2D eigenvalue weighted by Gasteiger charge is -2.24. The minimum atomic E-state index is -0.441. The van der Waals surface area contributed by atoms with E-state index in [9.17, 15) is 20.2 Å².